The van der Waals surface area contributed by atoms with Gasteiger partial charge in [-0.2, -0.15) is 5.10 Å². The van der Waals surface area contributed by atoms with E-state index in [2.05, 4.69) is 26.3 Å². The van der Waals surface area contributed by atoms with Crippen LogP contribution in [0.25, 0.3) is 5.69 Å². The second-order valence-electron chi connectivity index (χ2n) is 5.21. The number of benzene rings is 2. The number of anilines is 1. The van der Waals surface area contributed by atoms with E-state index in [1.54, 1.807) is 35.3 Å². The van der Waals surface area contributed by atoms with Crippen LogP contribution in [0.15, 0.2) is 59.3 Å². The number of ether oxygens (including phenoxy) is 1. The van der Waals surface area contributed by atoms with Crippen LogP contribution in [0.1, 0.15) is 10.4 Å². The molecule has 0 saturated heterocycles. The Bertz CT molecular complexity index is 973. The minimum Gasteiger partial charge on any atom is -0.490 e. The molecular formula is C17H13BrN4O4. The van der Waals surface area contributed by atoms with Crippen molar-refractivity contribution in [1.29, 1.82) is 0 Å². The smallest absolute Gasteiger partial charge is 0.311 e. The number of nitro groups is 1. The average molecular weight is 417 g/mol. The van der Waals surface area contributed by atoms with Crippen LogP contribution in [0, 0.1) is 10.1 Å². The molecule has 1 amide bonds. The van der Waals surface area contributed by atoms with Crippen molar-refractivity contribution in [2.45, 2.75) is 0 Å². The van der Waals surface area contributed by atoms with Crippen molar-refractivity contribution in [2.75, 3.05) is 12.4 Å². The number of nitrogens with zero attached hydrogens (tertiary/aromatic N) is 3. The molecule has 26 heavy (non-hydrogen) atoms. The predicted molar refractivity (Wildman–Crippen MR) is 98.9 cm³/mol. The van der Waals surface area contributed by atoms with E-state index >= 15 is 0 Å². The van der Waals surface area contributed by atoms with Gasteiger partial charge in [0.05, 0.1) is 23.4 Å². The van der Waals surface area contributed by atoms with Gasteiger partial charge in [-0.05, 0) is 36.4 Å². The Morgan fingerprint density at radius 3 is 2.77 bits per heavy atom. The number of nitro benzene ring substituents is 1. The number of aromatic nitrogens is 2. The van der Waals surface area contributed by atoms with Gasteiger partial charge in [-0.1, -0.05) is 15.9 Å². The van der Waals surface area contributed by atoms with E-state index in [1.165, 1.54) is 25.3 Å². The summed E-state index contributed by atoms with van der Waals surface area (Å²) in [6.07, 6.45) is 3.37. The third-order valence-electron chi connectivity index (χ3n) is 3.60. The van der Waals surface area contributed by atoms with Crippen molar-refractivity contribution >= 4 is 33.2 Å². The lowest BCUT2D eigenvalue weighted by atomic mass is 10.1. The first kappa shape index (κ1) is 17.6. The van der Waals surface area contributed by atoms with Crippen LogP contribution >= 0.6 is 15.9 Å². The van der Waals surface area contributed by atoms with Crippen molar-refractivity contribution in [2.24, 2.45) is 0 Å². The third kappa shape index (κ3) is 3.57. The molecule has 0 aliphatic heterocycles. The quantitative estimate of drug-likeness (QED) is 0.503. The summed E-state index contributed by atoms with van der Waals surface area (Å²) >= 11 is 3.37. The highest BCUT2D eigenvalue weighted by molar-refractivity contribution is 9.10. The first-order valence-electron chi connectivity index (χ1n) is 7.43. The first-order chi connectivity index (χ1) is 12.5. The molecule has 9 heteroatoms. The zero-order valence-corrected chi connectivity index (χ0v) is 15.1. The third-order valence-corrected chi connectivity index (χ3v) is 4.09. The number of halogens is 1. The Hall–Kier alpha value is -3.20. The summed E-state index contributed by atoms with van der Waals surface area (Å²) in [4.78, 5) is 23.2. The van der Waals surface area contributed by atoms with Crippen molar-refractivity contribution in [3.8, 4) is 11.4 Å². The van der Waals surface area contributed by atoms with Crippen LogP contribution in [-0.4, -0.2) is 27.7 Å². The fourth-order valence-electron chi connectivity index (χ4n) is 2.39. The Morgan fingerprint density at radius 2 is 2.12 bits per heavy atom. The Labute approximate surface area is 156 Å². The van der Waals surface area contributed by atoms with Crippen LogP contribution in [0.5, 0.6) is 5.75 Å². The molecule has 0 aliphatic carbocycles. The van der Waals surface area contributed by atoms with Crippen molar-refractivity contribution in [3.05, 3.63) is 75.0 Å². The van der Waals surface area contributed by atoms with Crippen molar-refractivity contribution < 1.29 is 14.5 Å². The van der Waals surface area contributed by atoms with Crippen molar-refractivity contribution in [3.63, 3.8) is 0 Å². The molecular weight excluding hydrogens is 404 g/mol. The van der Waals surface area contributed by atoms with Gasteiger partial charge in [0.1, 0.15) is 0 Å². The zero-order valence-electron chi connectivity index (χ0n) is 13.5. The van der Waals surface area contributed by atoms with Crippen molar-refractivity contribution in [1.82, 2.24) is 9.78 Å². The van der Waals surface area contributed by atoms with Gasteiger partial charge in [-0.25, -0.2) is 4.68 Å². The lowest BCUT2D eigenvalue weighted by Gasteiger charge is -2.12. The highest BCUT2D eigenvalue weighted by Crippen LogP contribution is 2.29. The van der Waals surface area contributed by atoms with Gasteiger partial charge in [0.15, 0.2) is 5.75 Å². The van der Waals surface area contributed by atoms with Crippen LogP contribution in [0.4, 0.5) is 11.4 Å². The van der Waals surface area contributed by atoms with Crippen LogP contribution < -0.4 is 10.1 Å². The molecule has 3 aromatic rings. The molecule has 0 fully saturated rings. The minimum absolute atomic E-state index is 0.0891. The van der Waals surface area contributed by atoms with E-state index in [1.807, 2.05) is 6.07 Å². The van der Waals surface area contributed by atoms with Crippen LogP contribution in [-0.2, 0) is 0 Å². The fraction of sp³-hybridized carbons (Fsp3) is 0.0588. The maximum absolute atomic E-state index is 12.6. The number of nitrogens with one attached hydrogen (secondary N) is 1. The normalized spacial score (nSPS) is 10.4. The summed E-state index contributed by atoms with van der Waals surface area (Å²) in [7, 11) is 1.33. The van der Waals surface area contributed by atoms with E-state index < -0.39 is 10.8 Å². The summed E-state index contributed by atoms with van der Waals surface area (Å²) in [5.41, 5.74) is 1.03. The lowest BCUT2D eigenvalue weighted by molar-refractivity contribution is -0.385. The second-order valence-corrected chi connectivity index (χ2v) is 6.13. The molecule has 0 bridgehead atoms. The fourth-order valence-corrected chi connectivity index (χ4v) is 2.75. The molecule has 1 aromatic heterocycles. The number of rotatable bonds is 5. The van der Waals surface area contributed by atoms with Gasteiger partial charge in [0.2, 0.25) is 0 Å². The molecule has 3 rings (SSSR count). The summed E-state index contributed by atoms with van der Waals surface area (Å²) in [6.45, 7) is 0. The maximum atomic E-state index is 12.6. The van der Waals surface area contributed by atoms with Gasteiger partial charge in [-0.3, -0.25) is 14.9 Å². The van der Waals surface area contributed by atoms with E-state index in [4.69, 9.17) is 4.74 Å². The lowest BCUT2D eigenvalue weighted by Crippen LogP contribution is -2.14. The highest BCUT2D eigenvalue weighted by Gasteiger charge is 2.19. The maximum Gasteiger partial charge on any atom is 0.311 e. The zero-order chi connectivity index (χ0) is 18.7. The predicted octanol–water partition coefficient (Wildman–Crippen LogP) is 3.80. The molecule has 1 N–H and O–H groups in total. The Kier molecular flexibility index (Phi) is 4.99. The second kappa shape index (κ2) is 7.36. The van der Waals surface area contributed by atoms with Gasteiger partial charge in [0, 0.05) is 28.5 Å². The van der Waals surface area contributed by atoms with Crippen LogP contribution in [0.3, 0.4) is 0 Å². The number of amides is 1. The average Bonchev–Trinajstić information content (AvgIpc) is 3.15. The molecule has 132 valence electrons. The van der Waals surface area contributed by atoms with Crippen LogP contribution in [0.2, 0.25) is 0 Å². The number of hydrogen-bond acceptors (Lipinski definition) is 5. The first-order valence-corrected chi connectivity index (χ1v) is 8.22. The molecule has 0 radical (unpaired) electrons. The summed E-state index contributed by atoms with van der Waals surface area (Å²) in [5.74, 6) is -0.395. The molecule has 0 unspecified atom stereocenters. The van der Waals surface area contributed by atoms with E-state index in [9.17, 15) is 14.9 Å². The monoisotopic (exact) mass is 416 g/mol. The van der Waals surface area contributed by atoms with Gasteiger partial charge < -0.3 is 10.1 Å². The molecule has 1 heterocycles. The molecule has 0 spiro atoms. The summed E-state index contributed by atoms with van der Waals surface area (Å²) in [6, 6.07) is 11.1. The summed E-state index contributed by atoms with van der Waals surface area (Å²) < 4.78 is 7.33. The molecule has 0 atom stereocenters. The largest absolute Gasteiger partial charge is 0.490 e. The SMILES string of the molecule is COc1ccc(C(=O)Nc2cc(Br)ccc2-n2cccn2)cc1[N+](=O)[O-]. The Balaban J connectivity index is 1.95. The number of hydrogen-bond donors (Lipinski definition) is 1. The van der Waals surface area contributed by atoms with Gasteiger partial charge in [-0.15, -0.1) is 0 Å². The number of carbonyl (C=O) groups is 1. The number of carbonyl (C=O) groups excluding carboxylic acids is 1. The molecule has 0 aliphatic rings. The summed E-state index contributed by atoms with van der Waals surface area (Å²) in [5, 5.41) is 18.1. The topological polar surface area (TPSA) is 99.3 Å². The van der Waals surface area contributed by atoms with E-state index in [0.29, 0.717) is 11.4 Å². The van der Waals surface area contributed by atoms with Gasteiger partial charge in [0.25, 0.3) is 5.91 Å². The van der Waals surface area contributed by atoms with Gasteiger partial charge >= 0.3 is 5.69 Å². The highest BCUT2D eigenvalue weighted by atomic mass is 79.9. The molecule has 2 aromatic carbocycles. The van der Waals surface area contributed by atoms with E-state index in [0.717, 1.165) is 4.47 Å². The van der Waals surface area contributed by atoms with E-state index in [-0.39, 0.29) is 17.0 Å². The molecule has 8 nitrogen and oxygen atoms in total. The standard InChI is InChI=1S/C17H13BrN4O4/c1-26-16-6-3-11(9-15(16)22(24)25)17(23)20-13-10-12(18)4-5-14(13)21-8-2-7-19-21/h2-10H,1H3,(H,20,23). The number of methoxy groups -OCH3 is 1. The molecule has 0 saturated carbocycles. The Morgan fingerprint density at radius 1 is 1.31 bits per heavy atom. The minimum atomic E-state index is -0.593.